The molecule has 2 fully saturated rings. The summed E-state index contributed by atoms with van der Waals surface area (Å²) in [5.74, 6) is -0.533. The number of morpholine rings is 1. The molecule has 0 saturated carbocycles. The highest BCUT2D eigenvalue weighted by molar-refractivity contribution is 7.14. The quantitative estimate of drug-likeness (QED) is 0.235. The van der Waals surface area contributed by atoms with Crippen LogP contribution in [0.5, 0.6) is 0 Å². The number of likely N-dealkylation sites (tertiary alicyclic amines) is 1. The van der Waals surface area contributed by atoms with Gasteiger partial charge in [0.15, 0.2) is 0 Å². The van der Waals surface area contributed by atoms with Crippen molar-refractivity contribution in [3.05, 3.63) is 45.6 Å². The number of amides is 2. The van der Waals surface area contributed by atoms with Crippen LogP contribution in [0.4, 0.5) is 14.7 Å². The zero-order chi connectivity index (χ0) is 33.8. The van der Waals surface area contributed by atoms with Crippen molar-refractivity contribution in [1.29, 1.82) is 5.26 Å². The third-order valence-corrected chi connectivity index (χ3v) is 10.4. The summed E-state index contributed by atoms with van der Waals surface area (Å²) < 4.78 is 33.7. The maximum atomic E-state index is 14.1. The summed E-state index contributed by atoms with van der Waals surface area (Å²) in [4.78, 5) is 35.9. The molecule has 0 bridgehead atoms. The number of fused-ring (bicyclic) bond motifs is 1. The van der Waals surface area contributed by atoms with E-state index in [-0.39, 0.29) is 39.7 Å². The Morgan fingerprint density at radius 1 is 1.17 bits per heavy atom. The maximum Gasteiger partial charge on any atom is 0.272 e. The lowest BCUT2D eigenvalue weighted by Crippen LogP contribution is -2.46. The number of alkyl halides is 2. The van der Waals surface area contributed by atoms with Gasteiger partial charge >= 0.3 is 0 Å². The van der Waals surface area contributed by atoms with Crippen LogP contribution < -0.4 is 5.32 Å². The molecule has 0 radical (unpaired) electrons. The number of carbonyl (C=O) groups is 2. The Kier molecular flexibility index (Phi) is 11.0. The Labute approximate surface area is 278 Å². The van der Waals surface area contributed by atoms with Gasteiger partial charge in [0.05, 0.1) is 46.7 Å². The predicted octanol–water partition coefficient (Wildman–Crippen LogP) is 5.83. The average molecular weight is 671 g/mol. The molecule has 2 amide bonds. The molecule has 0 aliphatic carbocycles. The fraction of sp³-hybridized carbons (Fsp3) is 0.588. The van der Waals surface area contributed by atoms with Gasteiger partial charge in [-0.25, -0.2) is 13.8 Å². The van der Waals surface area contributed by atoms with Crippen LogP contribution in [0.15, 0.2) is 30.3 Å². The number of hydrogen-bond donors (Lipinski definition) is 2. The van der Waals surface area contributed by atoms with Crippen LogP contribution in [0.25, 0.3) is 11.0 Å². The summed E-state index contributed by atoms with van der Waals surface area (Å²) in [5.41, 5.74) is 0.750. The summed E-state index contributed by atoms with van der Waals surface area (Å²) in [6.07, 6.45) is 0.912. The fourth-order valence-electron chi connectivity index (χ4n) is 6.70. The number of rotatable bonds is 13. The molecule has 0 spiro atoms. The van der Waals surface area contributed by atoms with E-state index in [4.69, 9.17) is 4.74 Å². The van der Waals surface area contributed by atoms with Crippen LogP contribution in [0.1, 0.15) is 79.4 Å². The van der Waals surface area contributed by atoms with E-state index < -0.39 is 17.7 Å². The normalized spacial score (nSPS) is 18.9. The minimum Gasteiger partial charge on any atom is -0.392 e. The van der Waals surface area contributed by atoms with Gasteiger partial charge in [0.1, 0.15) is 5.41 Å². The Balaban J connectivity index is 1.31. The molecule has 1 aromatic carbocycles. The highest BCUT2D eigenvalue weighted by atomic mass is 32.1. The monoisotopic (exact) mass is 670 g/mol. The number of aliphatic hydroxyl groups excluding tert-OH is 1. The highest BCUT2D eigenvalue weighted by Crippen LogP contribution is 2.35. The number of hydrogen-bond acceptors (Lipinski definition) is 8. The number of nitrogens with one attached hydrogen (secondary N) is 1. The molecule has 2 saturated heterocycles. The van der Waals surface area contributed by atoms with Crippen molar-refractivity contribution in [2.75, 3.05) is 44.7 Å². The molecule has 1 unspecified atom stereocenters. The Bertz CT molecular complexity index is 1610. The number of carbonyl (C=O) groups excluding carboxylic acids is 2. The van der Waals surface area contributed by atoms with Crippen molar-refractivity contribution >= 4 is 40.1 Å². The van der Waals surface area contributed by atoms with E-state index in [2.05, 4.69) is 35.1 Å². The second-order valence-electron chi connectivity index (χ2n) is 13.6. The third-order valence-electron chi connectivity index (χ3n) is 9.32. The molecule has 47 heavy (non-hydrogen) atoms. The topological polar surface area (TPSA) is 124 Å². The first-order valence-corrected chi connectivity index (χ1v) is 17.1. The van der Waals surface area contributed by atoms with E-state index in [1.54, 1.807) is 24.0 Å². The Morgan fingerprint density at radius 2 is 1.94 bits per heavy atom. The average Bonchev–Trinajstić information content (AvgIpc) is 3.80. The second kappa shape index (κ2) is 14.8. The SMILES string of the molecule is CC(C)(CCCC(C)(C#N)C(=O)N1CCC[C@@H]1Cn1c(NC(=O)c2ccc(C(F)F)s2)nc2cc(CO)ccc21)CN1CCOCC1. The third kappa shape index (κ3) is 8.17. The standard InChI is InChI=1S/C34H44F2N6O4S/c1-33(2,22-40-14-16-46-17-15-40)11-5-12-34(3,21-37)31(45)41-13-4-6-24(41)19-42-26-8-7-23(20-43)18-25(26)38-32(42)39-30(44)28-10-9-27(47-28)29(35)36/h7-10,18,24,29,43H,4-6,11-17,19-20,22H2,1-3H3,(H,38,39,44)/t24-,34?/m1/s1. The molecule has 3 aromatic rings. The Morgan fingerprint density at radius 3 is 2.62 bits per heavy atom. The first kappa shape index (κ1) is 34.9. The van der Waals surface area contributed by atoms with Crippen LogP contribution in [0, 0.1) is 22.2 Å². The van der Waals surface area contributed by atoms with Crippen LogP contribution in [-0.4, -0.2) is 81.7 Å². The van der Waals surface area contributed by atoms with Crippen molar-refractivity contribution < 1.29 is 28.2 Å². The summed E-state index contributed by atoms with van der Waals surface area (Å²) >= 11 is 0.723. The molecule has 2 aliphatic heterocycles. The highest BCUT2D eigenvalue weighted by Gasteiger charge is 2.41. The molecule has 254 valence electrons. The number of nitriles is 1. The molecule has 2 aliphatic rings. The van der Waals surface area contributed by atoms with Crippen LogP contribution in [-0.2, 0) is 22.7 Å². The van der Waals surface area contributed by atoms with E-state index in [1.807, 2.05) is 10.6 Å². The number of aliphatic hydroxyl groups is 1. The maximum absolute atomic E-state index is 14.1. The minimum absolute atomic E-state index is 0.0380. The van der Waals surface area contributed by atoms with E-state index in [0.29, 0.717) is 42.5 Å². The van der Waals surface area contributed by atoms with Crippen molar-refractivity contribution in [3.8, 4) is 6.07 Å². The Hall–Kier alpha value is -3.44. The number of ether oxygens (including phenoxy) is 1. The van der Waals surface area contributed by atoms with Crippen LogP contribution in [0.3, 0.4) is 0 Å². The molecule has 10 nitrogen and oxygen atoms in total. The van der Waals surface area contributed by atoms with Crippen molar-refractivity contribution in [2.24, 2.45) is 10.8 Å². The molecule has 13 heteroatoms. The summed E-state index contributed by atoms with van der Waals surface area (Å²) in [5, 5.41) is 22.7. The van der Waals surface area contributed by atoms with Crippen molar-refractivity contribution in [3.63, 3.8) is 0 Å². The number of halogens is 2. The molecule has 2 N–H and O–H groups in total. The lowest BCUT2D eigenvalue weighted by molar-refractivity contribution is -0.139. The van der Waals surface area contributed by atoms with Gasteiger partial charge in [0.2, 0.25) is 11.9 Å². The van der Waals surface area contributed by atoms with E-state index >= 15 is 0 Å². The number of anilines is 1. The lowest BCUT2D eigenvalue weighted by atomic mass is 9.80. The molecular weight excluding hydrogens is 626 g/mol. The number of imidazole rings is 1. The zero-order valence-electron chi connectivity index (χ0n) is 27.3. The summed E-state index contributed by atoms with van der Waals surface area (Å²) in [7, 11) is 0. The van der Waals surface area contributed by atoms with Gasteiger partial charge < -0.3 is 19.3 Å². The number of nitrogens with zero attached hydrogens (tertiary/aromatic N) is 5. The second-order valence-corrected chi connectivity index (χ2v) is 14.7. The zero-order valence-corrected chi connectivity index (χ0v) is 28.1. The molecule has 2 atom stereocenters. The van der Waals surface area contributed by atoms with Gasteiger partial charge in [-0.05, 0) is 67.9 Å². The van der Waals surface area contributed by atoms with Gasteiger partial charge in [0.25, 0.3) is 12.3 Å². The smallest absolute Gasteiger partial charge is 0.272 e. The van der Waals surface area contributed by atoms with Gasteiger partial charge in [-0.1, -0.05) is 26.3 Å². The lowest BCUT2D eigenvalue weighted by Gasteiger charge is -2.36. The van der Waals surface area contributed by atoms with Crippen LogP contribution >= 0.6 is 11.3 Å². The summed E-state index contributed by atoms with van der Waals surface area (Å²) in [6.45, 7) is 11.1. The predicted molar refractivity (Wildman–Crippen MR) is 176 cm³/mol. The van der Waals surface area contributed by atoms with Gasteiger partial charge in [-0.3, -0.25) is 19.8 Å². The largest absolute Gasteiger partial charge is 0.392 e. The fourth-order valence-corrected chi connectivity index (χ4v) is 7.46. The van der Waals surface area contributed by atoms with Gasteiger partial charge in [0, 0.05) is 38.8 Å². The molecule has 5 rings (SSSR count). The van der Waals surface area contributed by atoms with E-state index in [0.717, 1.165) is 63.4 Å². The van der Waals surface area contributed by atoms with E-state index in [9.17, 15) is 28.7 Å². The van der Waals surface area contributed by atoms with Gasteiger partial charge in [-0.15, -0.1) is 11.3 Å². The van der Waals surface area contributed by atoms with Gasteiger partial charge in [-0.2, -0.15) is 5.26 Å². The van der Waals surface area contributed by atoms with Crippen LogP contribution in [0.2, 0.25) is 0 Å². The first-order valence-electron chi connectivity index (χ1n) is 16.2. The molecule has 2 aromatic heterocycles. The summed E-state index contributed by atoms with van der Waals surface area (Å²) in [6, 6.07) is 10.0. The van der Waals surface area contributed by atoms with Crippen molar-refractivity contribution in [1.82, 2.24) is 19.4 Å². The molecular formula is C34H44F2N6O4S. The number of thiophene rings is 1. The van der Waals surface area contributed by atoms with E-state index in [1.165, 1.54) is 12.1 Å². The minimum atomic E-state index is -2.67. The first-order chi connectivity index (χ1) is 22.4. The number of aromatic nitrogens is 2. The number of benzene rings is 1. The molecule has 4 heterocycles. The van der Waals surface area contributed by atoms with Crippen molar-refractivity contribution in [2.45, 2.75) is 78.5 Å².